The molecule has 9 nitrogen and oxygen atoms in total. The molecule has 2 unspecified atom stereocenters. The van der Waals surface area contributed by atoms with E-state index in [2.05, 4.69) is 20.7 Å². The molecule has 12 heteroatoms. The topological polar surface area (TPSA) is 113 Å². The van der Waals surface area contributed by atoms with E-state index in [-0.39, 0.29) is 15.5 Å². The van der Waals surface area contributed by atoms with Gasteiger partial charge < -0.3 is 14.2 Å². The lowest BCUT2D eigenvalue weighted by atomic mass is 9.97. The standard InChI is InChI=1S/C33H33BrN2O7S2/c1-22-14-17-24(18-15-22)44(37,38)35-32(23-16-19-28(41-2)29(20-23)42-3)33-31(30(21-34)43-4)26-12-8-9-13-27(26)36(33)45(39,40)25-10-6-5-7-11-25/h5-20,30,32,35H,21H2,1-4H3. The van der Waals surface area contributed by atoms with Crippen LogP contribution in [0, 0.1) is 6.92 Å². The van der Waals surface area contributed by atoms with Crippen LogP contribution in [0.25, 0.3) is 10.9 Å². The molecule has 0 saturated heterocycles. The maximum Gasteiger partial charge on any atom is 0.268 e. The minimum Gasteiger partial charge on any atom is -0.493 e. The highest BCUT2D eigenvalue weighted by Gasteiger charge is 2.37. The van der Waals surface area contributed by atoms with Gasteiger partial charge in [-0.25, -0.2) is 20.8 Å². The zero-order valence-corrected chi connectivity index (χ0v) is 28.3. The van der Waals surface area contributed by atoms with Crippen molar-refractivity contribution < 1.29 is 31.0 Å². The van der Waals surface area contributed by atoms with Crippen molar-refractivity contribution in [3.05, 3.63) is 119 Å². The molecule has 0 amide bonds. The lowest BCUT2D eigenvalue weighted by Gasteiger charge is -2.26. The second-order valence-corrected chi connectivity index (χ2v) is 14.4. The fourth-order valence-corrected chi connectivity index (χ4v) is 8.71. The zero-order valence-electron chi connectivity index (χ0n) is 25.1. The summed E-state index contributed by atoms with van der Waals surface area (Å²) in [5, 5.41) is 0.900. The number of aromatic nitrogens is 1. The molecule has 0 fully saturated rings. The van der Waals surface area contributed by atoms with E-state index in [9.17, 15) is 16.8 Å². The molecular formula is C33H33BrN2O7S2. The molecule has 5 rings (SSSR count). The van der Waals surface area contributed by atoms with Crippen LogP contribution in [0.3, 0.4) is 0 Å². The van der Waals surface area contributed by atoms with Crippen LogP contribution in [0.4, 0.5) is 0 Å². The highest BCUT2D eigenvalue weighted by molar-refractivity contribution is 9.09. The van der Waals surface area contributed by atoms with Gasteiger partial charge in [-0.2, -0.15) is 4.72 Å². The van der Waals surface area contributed by atoms with Crippen molar-refractivity contribution >= 4 is 46.9 Å². The maximum absolute atomic E-state index is 14.6. The normalized spacial score (nSPS) is 13.4. The van der Waals surface area contributed by atoms with E-state index >= 15 is 0 Å². The highest BCUT2D eigenvalue weighted by Crippen LogP contribution is 2.43. The number of hydrogen-bond acceptors (Lipinski definition) is 7. The Morgan fingerprint density at radius 2 is 1.42 bits per heavy atom. The van der Waals surface area contributed by atoms with Crippen LogP contribution in [0.1, 0.15) is 34.5 Å². The summed E-state index contributed by atoms with van der Waals surface area (Å²) in [6.07, 6.45) is -0.649. The third kappa shape index (κ3) is 6.25. The molecular weight excluding hydrogens is 680 g/mol. The van der Waals surface area contributed by atoms with Gasteiger partial charge in [-0.15, -0.1) is 0 Å². The van der Waals surface area contributed by atoms with Gasteiger partial charge in [-0.05, 0) is 55.0 Å². The number of methoxy groups -OCH3 is 3. The number of rotatable bonds is 12. The Morgan fingerprint density at radius 3 is 2.04 bits per heavy atom. The van der Waals surface area contributed by atoms with Crippen LogP contribution in [-0.4, -0.2) is 47.5 Å². The molecule has 0 radical (unpaired) electrons. The average molecular weight is 714 g/mol. The summed E-state index contributed by atoms with van der Waals surface area (Å²) in [7, 11) is -4.00. The van der Waals surface area contributed by atoms with Crippen LogP contribution >= 0.6 is 15.9 Å². The smallest absolute Gasteiger partial charge is 0.268 e. The maximum atomic E-state index is 14.6. The second-order valence-electron chi connectivity index (χ2n) is 10.3. The third-order valence-electron chi connectivity index (χ3n) is 7.55. The molecule has 0 aliphatic carbocycles. The minimum absolute atomic E-state index is 0.0255. The average Bonchev–Trinajstić information content (AvgIpc) is 3.40. The first-order chi connectivity index (χ1) is 21.6. The van der Waals surface area contributed by atoms with Crippen molar-refractivity contribution in [1.82, 2.24) is 8.69 Å². The predicted molar refractivity (Wildman–Crippen MR) is 177 cm³/mol. The van der Waals surface area contributed by atoms with E-state index < -0.39 is 32.2 Å². The van der Waals surface area contributed by atoms with Crippen LogP contribution in [0.5, 0.6) is 11.5 Å². The number of alkyl halides is 1. The molecule has 0 bridgehead atoms. The summed E-state index contributed by atoms with van der Waals surface area (Å²) >= 11 is 3.53. The molecule has 45 heavy (non-hydrogen) atoms. The summed E-state index contributed by atoms with van der Waals surface area (Å²) in [6.45, 7) is 1.86. The number of nitrogens with one attached hydrogen (secondary N) is 1. The zero-order chi connectivity index (χ0) is 32.4. The monoisotopic (exact) mass is 712 g/mol. The minimum atomic E-state index is -4.28. The van der Waals surface area contributed by atoms with E-state index in [0.29, 0.717) is 38.9 Å². The summed E-state index contributed by atoms with van der Waals surface area (Å²) < 4.78 is 78.3. The predicted octanol–water partition coefficient (Wildman–Crippen LogP) is 6.35. The Hall–Kier alpha value is -3.68. The number of fused-ring (bicyclic) bond motifs is 1. The van der Waals surface area contributed by atoms with Crippen LogP contribution in [0.2, 0.25) is 0 Å². The second kappa shape index (κ2) is 13.4. The van der Waals surface area contributed by atoms with Crippen LogP contribution in [0.15, 0.2) is 107 Å². The van der Waals surface area contributed by atoms with Gasteiger partial charge in [0.05, 0.1) is 47.4 Å². The number of benzene rings is 4. The van der Waals surface area contributed by atoms with Crippen molar-refractivity contribution in [3.8, 4) is 11.5 Å². The quantitative estimate of drug-likeness (QED) is 0.150. The fraction of sp³-hybridized carbons (Fsp3) is 0.212. The van der Waals surface area contributed by atoms with Gasteiger partial charge in [0.2, 0.25) is 10.0 Å². The van der Waals surface area contributed by atoms with E-state index in [1.54, 1.807) is 72.8 Å². The lowest BCUT2D eigenvalue weighted by Crippen LogP contribution is -2.33. The van der Waals surface area contributed by atoms with Crippen molar-refractivity contribution in [3.63, 3.8) is 0 Å². The third-order valence-corrected chi connectivity index (χ3v) is 11.3. The Labute approximate surface area is 272 Å². The molecule has 0 saturated carbocycles. The Morgan fingerprint density at radius 1 is 0.778 bits per heavy atom. The van der Waals surface area contributed by atoms with Crippen molar-refractivity contribution in [2.24, 2.45) is 0 Å². The van der Waals surface area contributed by atoms with Gasteiger partial charge in [0, 0.05) is 23.4 Å². The van der Waals surface area contributed by atoms with Gasteiger partial charge in [-0.3, -0.25) is 0 Å². The molecule has 1 heterocycles. The van der Waals surface area contributed by atoms with Crippen molar-refractivity contribution in [2.75, 3.05) is 26.7 Å². The molecule has 5 aromatic rings. The number of para-hydroxylation sites is 1. The van der Waals surface area contributed by atoms with Crippen LogP contribution in [-0.2, 0) is 24.8 Å². The summed E-state index contributed by atoms with van der Waals surface area (Å²) in [5.74, 6) is 0.766. The number of nitrogens with zero attached hydrogens (tertiary/aromatic N) is 1. The number of aryl methyl sites for hydroxylation is 1. The molecule has 236 valence electrons. The fourth-order valence-electron chi connectivity index (χ4n) is 5.34. The number of halogens is 1. The number of ether oxygens (including phenoxy) is 3. The summed E-state index contributed by atoms with van der Waals surface area (Å²) in [6, 6.07) is 25.2. The first-order valence-electron chi connectivity index (χ1n) is 13.9. The first-order valence-corrected chi connectivity index (χ1v) is 17.9. The van der Waals surface area contributed by atoms with Crippen molar-refractivity contribution in [1.29, 1.82) is 0 Å². The summed E-state index contributed by atoms with van der Waals surface area (Å²) in [4.78, 5) is 0.0660. The molecule has 0 aliphatic heterocycles. The molecule has 0 spiro atoms. The van der Waals surface area contributed by atoms with Gasteiger partial charge in [0.1, 0.15) is 0 Å². The van der Waals surface area contributed by atoms with Gasteiger partial charge in [0.15, 0.2) is 11.5 Å². The van der Waals surface area contributed by atoms with E-state index in [0.717, 1.165) is 5.56 Å². The van der Waals surface area contributed by atoms with Crippen LogP contribution < -0.4 is 14.2 Å². The highest BCUT2D eigenvalue weighted by atomic mass is 79.9. The molecule has 4 aromatic carbocycles. The van der Waals surface area contributed by atoms with E-state index in [1.165, 1.54) is 49.6 Å². The first kappa shape index (κ1) is 32.7. The van der Waals surface area contributed by atoms with Crippen molar-refractivity contribution in [2.45, 2.75) is 28.9 Å². The SMILES string of the molecule is COc1ccc(C(NS(=O)(=O)c2ccc(C)cc2)c2c(C(CBr)OC)c3ccccc3n2S(=O)(=O)c2ccccc2)cc1OC. The lowest BCUT2D eigenvalue weighted by molar-refractivity contribution is 0.124. The van der Waals surface area contributed by atoms with Gasteiger partial charge >= 0.3 is 0 Å². The number of sulfonamides is 1. The molecule has 2 atom stereocenters. The number of hydrogen-bond donors (Lipinski definition) is 1. The van der Waals surface area contributed by atoms with E-state index in [4.69, 9.17) is 14.2 Å². The summed E-state index contributed by atoms with van der Waals surface area (Å²) in [5.41, 5.74) is 2.36. The van der Waals surface area contributed by atoms with Gasteiger partial charge in [0.25, 0.3) is 10.0 Å². The Bertz CT molecular complexity index is 2030. The molecule has 1 N–H and O–H groups in total. The molecule has 1 aromatic heterocycles. The Kier molecular flexibility index (Phi) is 9.71. The van der Waals surface area contributed by atoms with Gasteiger partial charge in [-0.1, -0.05) is 76.1 Å². The van der Waals surface area contributed by atoms with E-state index in [1.807, 2.05) is 6.92 Å². The Balaban J connectivity index is 1.92. The molecule has 0 aliphatic rings. The largest absolute Gasteiger partial charge is 0.493 e.